The van der Waals surface area contributed by atoms with E-state index < -0.39 is 23.4 Å². The van der Waals surface area contributed by atoms with Gasteiger partial charge in [0.05, 0.1) is 19.4 Å². The largest absolute Gasteiger partial charge is 0.497 e. The Bertz CT molecular complexity index is 976. The maximum atomic E-state index is 13.0. The Kier molecular flexibility index (Phi) is 7.35. The van der Waals surface area contributed by atoms with Crippen molar-refractivity contribution >= 4 is 23.5 Å². The number of anilines is 1. The van der Waals surface area contributed by atoms with Gasteiger partial charge in [-0.15, -0.1) is 0 Å². The molecule has 4 amide bonds. The lowest BCUT2D eigenvalue weighted by molar-refractivity contribution is -0.133. The van der Waals surface area contributed by atoms with Crippen LogP contribution < -0.4 is 20.1 Å². The number of carbonyl (C=O) groups excluding carboxylic acids is 3. The van der Waals surface area contributed by atoms with E-state index in [1.165, 1.54) is 0 Å². The van der Waals surface area contributed by atoms with E-state index in [-0.39, 0.29) is 6.54 Å². The van der Waals surface area contributed by atoms with Crippen molar-refractivity contribution in [1.29, 1.82) is 0 Å². The minimum Gasteiger partial charge on any atom is -0.497 e. The fraction of sp³-hybridized carbons (Fsp3) is 0.375. The van der Waals surface area contributed by atoms with E-state index in [0.29, 0.717) is 30.9 Å². The highest BCUT2D eigenvalue weighted by Crippen LogP contribution is 2.26. The molecular weight excluding hydrogens is 410 g/mol. The molecule has 170 valence electrons. The number of para-hydroxylation sites is 2. The molecule has 8 nitrogen and oxygen atoms in total. The number of nitrogens with zero attached hydrogens (tertiary/aromatic N) is 1. The molecule has 1 unspecified atom stereocenters. The van der Waals surface area contributed by atoms with Gasteiger partial charge in [0.15, 0.2) is 0 Å². The van der Waals surface area contributed by atoms with Crippen LogP contribution in [0, 0.1) is 0 Å². The standard InChI is InChI=1S/C24H29N3O5/c1-4-15-32-20-8-6-5-7-19(20)25-21(28)16-27-22(29)24(2,26-23(27)30)14-13-17-9-11-18(31-3)12-10-17/h5-12H,4,13-16H2,1-3H3,(H,25,28)(H,26,30). The van der Waals surface area contributed by atoms with Crippen LogP contribution in [-0.2, 0) is 16.0 Å². The minimum atomic E-state index is -1.07. The van der Waals surface area contributed by atoms with Gasteiger partial charge < -0.3 is 20.1 Å². The first kappa shape index (κ1) is 23.1. The Morgan fingerprint density at radius 1 is 1.12 bits per heavy atom. The highest BCUT2D eigenvalue weighted by molar-refractivity contribution is 6.10. The molecule has 0 spiro atoms. The first-order chi connectivity index (χ1) is 15.4. The van der Waals surface area contributed by atoms with Crippen molar-refractivity contribution in [3.63, 3.8) is 0 Å². The second-order valence-corrected chi connectivity index (χ2v) is 7.89. The van der Waals surface area contributed by atoms with Crippen molar-refractivity contribution in [3.05, 3.63) is 54.1 Å². The summed E-state index contributed by atoms with van der Waals surface area (Å²) in [4.78, 5) is 39.0. The lowest BCUT2D eigenvalue weighted by Crippen LogP contribution is -2.45. The van der Waals surface area contributed by atoms with Gasteiger partial charge in [-0.1, -0.05) is 31.2 Å². The zero-order valence-electron chi connectivity index (χ0n) is 18.6. The third-order valence-corrected chi connectivity index (χ3v) is 5.34. The summed E-state index contributed by atoms with van der Waals surface area (Å²) in [5.41, 5.74) is 0.452. The number of aryl methyl sites for hydroxylation is 1. The molecule has 0 aromatic heterocycles. The van der Waals surface area contributed by atoms with Gasteiger partial charge in [-0.05, 0) is 56.0 Å². The fourth-order valence-electron chi connectivity index (χ4n) is 3.49. The molecule has 2 aromatic carbocycles. The van der Waals surface area contributed by atoms with E-state index in [1.807, 2.05) is 37.3 Å². The number of hydrogen-bond acceptors (Lipinski definition) is 5. The summed E-state index contributed by atoms with van der Waals surface area (Å²) in [6, 6.07) is 14.0. The quantitative estimate of drug-likeness (QED) is 0.554. The molecule has 32 heavy (non-hydrogen) atoms. The molecular formula is C24H29N3O5. The van der Waals surface area contributed by atoms with Gasteiger partial charge in [-0.25, -0.2) is 4.79 Å². The second kappa shape index (κ2) is 10.2. The Morgan fingerprint density at radius 3 is 2.53 bits per heavy atom. The van der Waals surface area contributed by atoms with E-state index in [4.69, 9.17) is 9.47 Å². The molecule has 0 aliphatic carbocycles. The number of nitrogens with one attached hydrogen (secondary N) is 2. The number of rotatable bonds is 10. The molecule has 2 N–H and O–H groups in total. The molecule has 1 fully saturated rings. The van der Waals surface area contributed by atoms with Gasteiger partial charge in [-0.2, -0.15) is 0 Å². The topological polar surface area (TPSA) is 97.0 Å². The van der Waals surface area contributed by atoms with Crippen molar-refractivity contribution in [2.45, 2.75) is 38.6 Å². The number of carbonyl (C=O) groups is 3. The normalized spacial score (nSPS) is 17.8. The summed E-state index contributed by atoms with van der Waals surface area (Å²) >= 11 is 0. The van der Waals surface area contributed by atoms with Gasteiger partial charge in [-0.3, -0.25) is 14.5 Å². The smallest absolute Gasteiger partial charge is 0.325 e. The number of amides is 4. The van der Waals surface area contributed by atoms with Crippen molar-refractivity contribution in [2.24, 2.45) is 0 Å². The predicted molar refractivity (Wildman–Crippen MR) is 121 cm³/mol. The van der Waals surface area contributed by atoms with Gasteiger partial charge >= 0.3 is 6.03 Å². The molecule has 1 heterocycles. The summed E-state index contributed by atoms with van der Waals surface area (Å²) in [6.07, 6.45) is 1.84. The van der Waals surface area contributed by atoms with Crippen molar-refractivity contribution in [1.82, 2.24) is 10.2 Å². The van der Waals surface area contributed by atoms with Crippen LogP contribution >= 0.6 is 0 Å². The lowest BCUT2D eigenvalue weighted by atomic mass is 9.93. The van der Waals surface area contributed by atoms with Crippen LogP contribution in [0.3, 0.4) is 0 Å². The maximum Gasteiger partial charge on any atom is 0.325 e. The first-order valence-corrected chi connectivity index (χ1v) is 10.6. The van der Waals surface area contributed by atoms with Crippen LogP contribution in [0.15, 0.2) is 48.5 Å². The summed E-state index contributed by atoms with van der Waals surface area (Å²) in [5.74, 6) is 0.412. The average Bonchev–Trinajstić information content (AvgIpc) is 3.00. The molecule has 1 aliphatic rings. The minimum absolute atomic E-state index is 0.370. The third-order valence-electron chi connectivity index (χ3n) is 5.34. The summed E-state index contributed by atoms with van der Waals surface area (Å²) in [5, 5.41) is 5.47. The number of ether oxygens (including phenoxy) is 2. The molecule has 8 heteroatoms. The SMILES string of the molecule is CCCOc1ccccc1NC(=O)CN1C(=O)NC(C)(CCc2ccc(OC)cc2)C1=O. The Balaban J connectivity index is 1.61. The van der Waals surface area contributed by atoms with E-state index in [9.17, 15) is 14.4 Å². The zero-order valence-corrected chi connectivity index (χ0v) is 18.6. The van der Waals surface area contributed by atoms with E-state index >= 15 is 0 Å². The zero-order chi connectivity index (χ0) is 23.1. The van der Waals surface area contributed by atoms with Crippen molar-refractivity contribution in [2.75, 3.05) is 25.6 Å². The Hall–Kier alpha value is -3.55. The maximum absolute atomic E-state index is 13.0. The first-order valence-electron chi connectivity index (χ1n) is 10.6. The number of methoxy groups -OCH3 is 1. The summed E-state index contributed by atoms with van der Waals surface area (Å²) in [7, 11) is 1.60. The Morgan fingerprint density at radius 2 is 1.84 bits per heavy atom. The summed E-state index contributed by atoms with van der Waals surface area (Å²) < 4.78 is 10.8. The monoisotopic (exact) mass is 439 g/mol. The molecule has 2 aromatic rings. The average molecular weight is 440 g/mol. The van der Waals surface area contributed by atoms with Crippen LogP contribution in [0.1, 0.15) is 32.3 Å². The molecule has 1 aliphatic heterocycles. The molecule has 1 atom stereocenters. The van der Waals surface area contributed by atoms with Gasteiger partial charge in [0.25, 0.3) is 5.91 Å². The van der Waals surface area contributed by atoms with Crippen LogP contribution in [0.25, 0.3) is 0 Å². The summed E-state index contributed by atoms with van der Waals surface area (Å²) in [6.45, 7) is 3.82. The molecule has 0 saturated carbocycles. The van der Waals surface area contributed by atoms with Crippen LogP contribution in [0.2, 0.25) is 0 Å². The molecule has 1 saturated heterocycles. The number of benzene rings is 2. The van der Waals surface area contributed by atoms with E-state index in [2.05, 4.69) is 10.6 Å². The number of imide groups is 1. The molecule has 0 radical (unpaired) electrons. The van der Waals surface area contributed by atoms with Crippen molar-refractivity contribution < 1.29 is 23.9 Å². The van der Waals surface area contributed by atoms with Crippen LogP contribution in [0.4, 0.5) is 10.5 Å². The lowest BCUT2D eigenvalue weighted by Gasteiger charge is -2.21. The third kappa shape index (κ3) is 5.38. The highest BCUT2D eigenvalue weighted by Gasteiger charge is 2.47. The van der Waals surface area contributed by atoms with Gasteiger partial charge in [0.2, 0.25) is 5.91 Å². The predicted octanol–water partition coefficient (Wildman–Crippen LogP) is 3.37. The fourth-order valence-corrected chi connectivity index (χ4v) is 3.49. The molecule has 0 bridgehead atoms. The number of urea groups is 1. The highest BCUT2D eigenvalue weighted by atomic mass is 16.5. The van der Waals surface area contributed by atoms with Crippen LogP contribution in [0.5, 0.6) is 11.5 Å². The second-order valence-electron chi connectivity index (χ2n) is 7.89. The van der Waals surface area contributed by atoms with Crippen molar-refractivity contribution in [3.8, 4) is 11.5 Å². The van der Waals surface area contributed by atoms with Crippen LogP contribution in [-0.4, -0.2) is 48.5 Å². The molecule has 3 rings (SSSR count). The van der Waals surface area contributed by atoms with E-state index in [0.717, 1.165) is 22.6 Å². The van der Waals surface area contributed by atoms with Gasteiger partial charge in [0.1, 0.15) is 23.6 Å². The number of hydrogen-bond donors (Lipinski definition) is 2. The van der Waals surface area contributed by atoms with E-state index in [1.54, 1.807) is 32.2 Å². The van der Waals surface area contributed by atoms with Gasteiger partial charge in [0, 0.05) is 0 Å². The Labute approximate surface area is 187 Å².